The quantitative estimate of drug-likeness (QED) is 0.263. The smallest absolute Gasteiger partial charge is 0.331 e. The van der Waals surface area contributed by atoms with E-state index in [1.165, 1.54) is 6.08 Å². The molecule has 1 heterocycles. The molecule has 0 spiro atoms. The summed E-state index contributed by atoms with van der Waals surface area (Å²) in [6, 6.07) is 13.0. The van der Waals surface area contributed by atoms with Crippen LogP contribution in [-0.4, -0.2) is 28.1 Å². The zero-order chi connectivity index (χ0) is 22.5. The van der Waals surface area contributed by atoms with Crippen molar-refractivity contribution in [1.29, 1.82) is 0 Å². The molecule has 0 saturated heterocycles. The summed E-state index contributed by atoms with van der Waals surface area (Å²) in [5, 5.41) is 5.43. The molecule has 3 aromatic rings. The summed E-state index contributed by atoms with van der Waals surface area (Å²) in [6.07, 6.45) is 2.78. The summed E-state index contributed by atoms with van der Waals surface area (Å²) in [5.74, 6) is -0.877. The van der Waals surface area contributed by atoms with Crippen molar-refractivity contribution >= 4 is 41.0 Å². The van der Waals surface area contributed by atoms with Gasteiger partial charge in [0.05, 0.1) is 12.2 Å². The molecule has 0 atom stereocenters. The first kappa shape index (κ1) is 22.8. The Morgan fingerprint density at radius 1 is 1.10 bits per heavy atom. The van der Waals surface area contributed by atoms with Gasteiger partial charge in [-0.25, -0.2) is 9.48 Å². The lowest BCUT2D eigenvalue weighted by Crippen LogP contribution is -2.13. The number of carbonyl (C=O) groups excluding carboxylic acids is 2. The van der Waals surface area contributed by atoms with Crippen molar-refractivity contribution in [3.63, 3.8) is 0 Å². The number of ether oxygens (including phenoxy) is 1. The number of hydrogen-bond acceptors (Lipinski definition) is 4. The zero-order valence-electron chi connectivity index (χ0n) is 17.5. The molecule has 0 radical (unpaired) electrons. The summed E-state index contributed by atoms with van der Waals surface area (Å²) >= 11 is 12.7. The monoisotopic (exact) mass is 456 g/mol. The van der Waals surface area contributed by atoms with E-state index in [1.807, 2.05) is 44.2 Å². The van der Waals surface area contributed by atoms with E-state index >= 15 is 0 Å². The van der Waals surface area contributed by atoms with Gasteiger partial charge in [0.25, 0.3) is 0 Å². The zero-order valence-corrected chi connectivity index (χ0v) is 19.0. The first-order valence-corrected chi connectivity index (χ1v) is 10.4. The average molecular weight is 457 g/mol. The number of ketones is 1. The number of rotatable bonds is 7. The van der Waals surface area contributed by atoms with Crippen LogP contribution in [0.2, 0.25) is 10.2 Å². The number of Topliss-reactive ketones (excluding diaryl/α,β-unsaturated/α-hetero) is 1. The number of benzene rings is 2. The molecule has 160 valence electrons. The Bertz CT molecular complexity index is 1170. The van der Waals surface area contributed by atoms with Crippen molar-refractivity contribution < 1.29 is 14.3 Å². The standard InChI is InChI=1S/C24H22Cl2N2O3/c1-15-8-9-16(2)20(12-15)22(29)14-31-23(30)11-10-19-17(3)27-28(24(19)26)13-18-6-4-5-7-21(18)25/h4-12H,13-14H2,1-3H3. The van der Waals surface area contributed by atoms with E-state index in [0.717, 1.165) is 16.7 Å². The maximum absolute atomic E-state index is 12.4. The minimum atomic E-state index is -0.632. The number of aromatic nitrogens is 2. The molecule has 0 aliphatic carbocycles. The molecule has 3 rings (SSSR count). The molecule has 0 N–H and O–H groups in total. The van der Waals surface area contributed by atoms with Crippen LogP contribution >= 0.6 is 23.2 Å². The van der Waals surface area contributed by atoms with Gasteiger partial charge in [0, 0.05) is 22.2 Å². The summed E-state index contributed by atoms with van der Waals surface area (Å²) in [5.41, 5.74) is 4.51. The van der Waals surface area contributed by atoms with Gasteiger partial charge in [0.1, 0.15) is 5.15 Å². The minimum absolute atomic E-state index is 0.246. The number of aryl methyl sites for hydroxylation is 3. The second-order valence-corrected chi connectivity index (χ2v) is 7.99. The molecular formula is C24H22Cl2N2O3. The lowest BCUT2D eigenvalue weighted by molar-refractivity contribution is -0.136. The van der Waals surface area contributed by atoms with Crippen LogP contribution in [0.5, 0.6) is 0 Å². The van der Waals surface area contributed by atoms with Gasteiger partial charge in [-0.3, -0.25) is 4.79 Å². The second kappa shape index (κ2) is 9.94. The predicted molar refractivity (Wildman–Crippen MR) is 123 cm³/mol. The highest BCUT2D eigenvalue weighted by atomic mass is 35.5. The largest absolute Gasteiger partial charge is 0.454 e. The van der Waals surface area contributed by atoms with Gasteiger partial charge < -0.3 is 4.74 Å². The van der Waals surface area contributed by atoms with Gasteiger partial charge in [-0.05, 0) is 50.1 Å². The van der Waals surface area contributed by atoms with Crippen LogP contribution in [0.1, 0.15) is 38.3 Å². The Labute approximate surface area is 191 Å². The molecule has 0 bridgehead atoms. The molecular weight excluding hydrogens is 435 g/mol. The maximum Gasteiger partial charge on any atom is 0.331 e. The van der Waals surface area contributed by atoms with Gasteiger partial charge >= 0.3 is 5.97 Å². The van der Waals surface area contributed by atoms with Crippen LogP contribution in [0.15, 0.2) is 48.5 Å². The van der Waals surface area contributed by atoms with E-state index in [4.69, 9.17) is 27.9 Å². The fraction of sp³-hybridized carbons (Fsp3) is 0.208. The van der Waals surface area contributed by atoms with Gasteiger partial charge in [0.2, 0.25) is 5.78 Å². The topological polar surface area (TPSA) is 61.2 Å². The highest BCUT2D eigenvalue weighted by molar-refractivity contribution is 6.32. The van der Waals surface area contributed by atoms with Crippen LogP contribution in [0.4, 0.5) is 0 Å². The molecule has 2 aromatic carbocycles. The second-order valence-electron chi connectivity index (χ2n) is 7.22. The van der Waals surface area contributed by atoms with Crippen LogP contribution in [0, 0.1) is 20.8 Å². The van der Waals surface area contributed by atoms with Crippen molar-refractivity contribution in [2.75, 3.05) is 6.61 Å². The summed E-state index contributed by atoms with van der Waals surface area (Å²) in [4.78, 5) is 24.5. The third kappa shape index (κ3) is 5.63. The van der Waals surface area contributed by atoms with Crippen molar-refractivity contribution in [3.05, 3.63) is 92.2 Å². The molecule has 5 nitrogen and oxygen atoms in total. The number of nitrogens with zero attached hydrogens (tertiary/aromatic N) is 2. The van der Waals surface area contributed by atoms with Gasteiger partial charge in [-0.1, -0.05) is 59.1 Å². The molecule has 1 aromatic heterocycles. The fourth-order valence-electron chi connectivity index (χ4n) is 3.10. The Hall–Kier alpha value is -2.89. The molecule has 31 heavy (non-hydrogen) atoms. The fourth-order valence-corrected chi connectivity index (χ4v) is 3.59. The summed E-state index contributed by atoms with van der Waals surface area (Å²) in [6.45, 7) is 5.63. The van der Waals surface area contributed by atoms with Crippen molar-refractivity contribution in [3.8, 4) is 0 Å². The number of hydrogen-bond donors (Lipinski definition) is 0. The first-order chi connectivity index (χ1) is 14.8. The van der Waals surface area contributed by atoms with Crippen molar-refractivity contribution in [2.24, 2.45) is 0 Å². The lowest BCUT2D eigenvalue weighted by atomic mass is 10.0. The predicted octanol–water partition coefficient (Wildman–Crippen LogP) is 5.60. The third-order valence-electron chi connectivity index (χ3n) is 4.81. The molecule has 0 aliphatic rings. The van der Waals surface area contributed by atoms with Crippen LogP contribution in [0.25, 0.3) is 6.08 Å². The van der Waals surface area contributed by atoms with E-state index in [-0.39, 0.29) is 12.4 Å². The van der Waals surface area contributed by atoms with E-state index < -0.39 is 5.97 Å². The van der Waals surface area contributed by atoms with Gasteiger partial charge in [-0.15, -0.1) is 0 Å². The normalized spacial score (nSPS) is 11.1. The van der Waals surface area contributed by atoms with E-state index in [0.29, 0.717) is 33.5 Å². The van der Waals surface area contributed by atoms with E-state index in [1.54, 1.807) is 29.8 Å². The highest BCUT2D eigenvalue weighted by Crippen LogP contribution is 2.24. The highest BCUT2D eigenvalue weighted by Gasteiger charge is 2.14. The molecule has 0 saturated carbocycles. The Kier molecular flexibility index (Phi) is 7.31. The van der Waals surface area contributed by atoms with Crippen molar-refractivity contribution in [2.45, 2.75) is 27.3 Å². The molecule has 0 unspecified atom stereocenters. The van der Waals surface area contributed by atoms with Gasteiger partial charge in [0.15, 0.2) is 6.61 Å². The molecule has 0 fully saturated rings. The van der Waals surface area contributed by atoms with Gasteiger partial charge in [-0.2, -0.15) is 5.10 Å². The number of esters is 1. The summed E-state index contributed by atoms with van der Waals surface area (Å²) < 4.78 is 6.73. The molecule has 0 aliphatic heterocycles. The third-order valence-corrected chi connectivity index (χ3v) is 5.58. The molecule has 0 amide bonds. The van der Waals surface area contributed by atoms with Crippen LogP contribution < -0.4 is 0 Å². The lowest BCUT2D eigenvalue weighted by Gasteiger charge is -2.06. The Balaban J connectivity index is 1.65. The Morgan fingerprint density at radius 3 is 2.58 bits per heavy atom. The van der Waals surface area contributed by atoms with Crippen molar-refractivity contribution in [1.82, 2.24) is 9.78 Å². The summed E-state index contributed by atoms with van der Waals surface area (Å²) in [7, 11) is 0. The van der Waals surface area contributed by atoms with E-state index in [2.05, 4.69) is 5.10 Å². The SMILES string of the molecule is Cc1ccc(C)c(C(=O)COC(=O)C=Cc2c(C)nn(Cc3ccccc3Cl)c2Cl)c1. The minimum Gasteiger partial charge on any atom is -0.454 e. The average Bonchev–Trinajstić information content (AvgIpc) is 3.00. The van der Waals surface area contributed by atoms with Crippen LogP contribution in [-0.2, 0) is 16.1 Å². The number of carbonyl (C=O) groups is 2. The first-order valence-electron chi connectivity index (χ1n) is 9.68. The van der Waals surface area contributed by atoms with Crippen LogP contribution in [0.3, 0.4) is 0 Å². The Morgan fingerprint density at radius 2 is 1.84 bits per heavy atom. The number of halogens is 2. The maximum atomic E-state index is 12.4. The molecule has 7 heteroatoms. The van der Waals surface area contributed by atoms with E-state index in [9.17, 15) is 9.59 Å².